The van der Waals surface area contributed by atoms with Crippen molar-refractivity contribution in [2.24, 2.45) is 11.1 Å². The zero-order valence-corrected chi connectivity index (χ0v) is 19.2. The van der Waals surface area contributed by atoms with Gasteiger partial charge in [-0.05, 0) is 30.2 Å². The summed E-state index contributed by atoms with van der Waals surface area (Å²) in [5, 5.41) is 8.20. The van der Waals surface area contributed by atoms with E-state index in [-0.39, 0.29) is 11.5 Å². The number of anilines is 1. The first kappa shape index (κ1) is 20.3. The van der Waals surface area contributed by atoms with Crippen LogP contribution in [0.3, 0.4) is 0 Å². The number of thiazole rings is 1. The highest BCUT2D eigenvalue weighted by Gasteiger charge is 2.48. The number of nitrogens with zero attached hydrogens (tertiary/aromatic N) is 5. The number of aromatic nitrogens is 5. The summed E-state index contributed by atoms with van der Waals surface area (Å²) in [7, 11) is 1.66. The molecule has 1 fully saturated rings. The molecule has 6 rings (SSSR count). The summed E-state index contributed by atoms with van der Waals surface area (Å²) in [5.74, 6) is 0.849. The molecular weight excluding hydrogens is 434 g/mol. The molecule has 1 saturated heterocycles. The Hall–Kier alpha value is -3.30. The normalized spacial score (nSPS) is 19.2. The lowest BCUT2D eigenvalue weighted by atomic mass is 9.73. The van der Waals surface area contributed by atoms with Crippen molar-refractivity contribution in [2.75, 3.05) is 25.1 Å². The summed E-state index contributed by atoms with van der Waals surface area (Å²) in [6.07, 6.45) is 4.81. The van der Waals surface area contributed by atoms with Gasteiger partial charge in [0.1, 0.15) is 11.3 Å². The topological polar surface area (TPSA) is 106 Å². The molecule has 0 bridgehead atoms. The molecule has 0 unspecified atom stereocenters. The van der Waals surface area contributed by atoms with Crippen LogP contribution in [-0.2, 0) is 6.42 Å². The maximum atomic E-state index is 6.68. The van der Waals surface area contributed by atoms with Gasteiger partial charge < -0.3 is 15.4 Å². The highest BCUT2D eigenvalue weighted by Crippen LogP contribution is 2.53. The van der Waals surface area contributed by atoms with Crippen molar-refractivity contribution in [1.82, 2.24) is 25.1 Å². The predicted octanol–water partition coefficient (Wildman–Crippen LogP) is 3.72. The van der Waals surface area contributed by atoms with E-state index in [1.807, 2.05) is 36.5 Å². The highest BCUT2D eigenvalue weighted by atomic mass is 32.1. The molecule has 8 nitrogen and oxygen atoms in total. The smallest absolute Gasteiger partial charge is 0.273 e. The van der Waals surface area contributed by atoms with Gasteiger partial charge in [0.15, 0.2) is 0 Å². The van der Waals surface area contributed by atoms with E-state index in [4.69, 9.17) is 20.4 Å². The maximum Gasteiger partial charge on any atom is 0.273 e. The highest BCUT2D eigenvalue weighted by molar-refractivity contribution is 7.13. The number of ether oxygens (including phenoxy) is 1. The summed E-state index contributed by atoms with van der Waals surface area (Å²) >= 11 is 1.63. The third kappa shape index (κ3) is 3.22. The molecule has 1 aromatic carbocycles. The second kappa shape index (κ2) is 7.64. The van der Waals surface area contributed by atoms with Crippen LogP contribution in [0, 0.1) is 5.41 Å². The SMILES string of the molecule is C=C(c1ccccc1)c1[nH]nc2nc(N3CCC4(CC3)Cc3sc(OC)nc3[C@H]4N)cnc12. The number of aromatic amines is 1. The van der Waals surface area contributed by atoms with Gasteiger partial charge in [-0.2, -0.15) is 5.10 Å². The standard InChI is InChI=1S/C24H25N7OS/c1-14(15-6-4-3-5-7-15)18-20-22(30-29-18)27-17(13-26-20)31-10-8-24(9-11-31)12-16-19(21(24)25)28-23(32-2)33-16/h3-7,13,21H,1,8-12,25H2,2H3,(H,27,29,30)/t21-/m1/s1. The van der Waals surface area contributed by atoms with Crippen LogP contribution in [-0.4, -0.2) is 45.3 Å². The van der Waals surface area contributed by atoms with Crippen molar-refractivity contribution in [1.29, 1.82) is 0 Å². The molecule has 2 aliphatic rings. The second-order valence-electron chi connectivity index (χ2n) is 8.84. The molecule has 3 aromatic heterocycles. The molecule has 33 heavy (non-hydrogen) atoms. The van der Waals surface area contributed by atoms with Crippen LogP contribution in [0.2, 0.25) is 0 Å². The second-order valence-corrected chi connectivity index (χ2v) is 9.89. The van der Waals surface area contributed by atoms with Gasteiger partial charge in [-0.1, -0.05) is 48.2 Å². The lowest BCUT2D eigenvalue weighted by molar-refractivity contribution is 0.185. The van der Waals surface area contributed by atoms with E-state index in [1.165, 1.54) is 4.88 Å². The van der Waals surface area contributed by atoms with Crippen LogP contribution in [0.4, 0.5) is 5.82 Å². The van der Waals surface area contributed by atoms with E-state index in [2.05, 4.69) is 26.7 Å². The van der Waals surface area contributed by atoms with Gasteiger partial charge in [-0.3, -0.25) is 5.10 Å². The van der Waals surface area contributed by atoms with E-state index in [1.54, 1.807) is 18.4 Å². The summed E-state index contributed by atoms with van der Waals surface area (Å²) in [4.78, 5) is 17.7. The molecule has 4 heterocycles. The number of piperidine rings is 1. The molecule has 3 N–H and O–H groups in total. The number of benzene rings is 1. The monoisotopic (exact) mass is 459 g/mol. The molecule has 0 amide bonds. The Labute approximate surface area is 195 Å². The molecule has 0 saturated carbocycles. The van der Waals surface area contributed by atoms with Gasteiger partial charge in [0, 0.05) is 23.5 Å². The van der Waals surface area contributed by atoms with Gasteiger partial charge >= 0.3 is 0 Å². The van der Waals surface area contributed by atoms with Crippen molar-refractivity contribution >= 4 is 33.9 Å². The van der Waals surface area contributed by atoms with Gasteiger partial charge in [-0.15, -0.1) is 0 Å². The minimum absolute atomic E-state index is 0.0405. The molecule has 1 spiro atoms. The van der Waals surface area contributed by atoms with Crippen LogP contribution in [0.5, 0.6) is 5.19 Å². The van der Waals surface area contributed by atoms with E-state index in [0.717, 1.165) is 66.2 Å². The minimum Gasteiger partial charge on any atom is -0.473 e. The number of methoxy groups -OCH3 is 1. The molecule has 4 aromatic rings. The molecule has 0 radical (unpaired) electrons. The number of fused-ring (bicyclic) bond motifs is 2. The van der Waals surface area contributed by atoms with Crippen molar-refractivity contribution in [3.05, 3.63) is 64.9 Å². The van der Waals surface area contributed by atoms with Crippen LogP contribution >= 0.6 is 11.3 Å². The molecule has 168 valence electrons. The van der Waals surface area contributed by atoms with Gasteiger partial charge in [0.05, 0.1) is 30.7 Å². The Morgan fingerprint density at radius 1 is 1.24 bits per heavy atom. The van der Waals surface area contributed by atoms with Crippen LogP contribution in [0.1, 0.15) is 40.7 Å². The number of nitrogens with one attached hydrogen (secondary N) is 1. The first-order valence-electron chi connectivity index (χ1n) is 11.1. The summed E-state index contributed by atoms with van der Waals surface area (Å²) in [6.45, 7) is 5.99. The third-order valence-electron chi connectivity index (χ3n) is 7.11. The fourth-order valence-electron chi connectivity index (χ4n) is 5.12. The van der Waals surface area contributed by atoms with Crippen molar-refractivity contribution in [3.63, 3.8) is 0 Å². The Morgan fingerprint density at radius 3 is 2.76 bits per heavy atom. The number of rotatable bonds is 4. The molecule has 1 atom stereocenters. The lowest BCUT2D eigenvalue weighted by Gasteiger charge is -2.42. The number of H-pyrrole nitrogens is 1. The molecule has 1 aliphatic heterocycles. The quantitative estimate of drug-likeness (QED) is 0.479. The Kier molecular flexibility index (Phi) is 4.70. The van der Waals surface area contributed by atoms with E-state index in [0.29, 0.717) is 10.8 Å². The van der Waals surface area contributed by atoms with Crippen molar-refractivity contribution < 1.29 is 4.74 Å². The first-order chi connectivity index (χ1) is 16.1. The van der Waals surface area contributed by atoms with Crippen molar-refractivity contribution in [2.45, 2.75) is 25.3 Å². The average molecular weight is 460 g/mol. The number of hydrogen-bond acceptors (Lipinski definition) is 8. The Balaban J connectivity index is 1.20. The summed E-state index contributed by atoms with van der Waals surface area (Å²) in [6, 6.07) is 9.99. The lowest BCUT2D eigenvalue weighted by Crippen LogP contribution is -2.44. The van der Waals surface area contributed by atoms with E-state index < -0.39 is 0 Å². The fourth-order valence-corrected chi connectivity index (χ4v) is 6.19. The molecule has 9 heteroatoms. The Morgan fingerprint density at radius 2 is 2.03 bits per heavy atom. The van der Waals surface area contributed by atoms with Crippen LogP contribution in [0.15, 0.2) is 43.1 Å². The zero-order chi connectivity index (χ0) is 22.6. The number of hydrogen-bond donors (Lipinski definition) is 2. The van der Waals surface area contributed by atoms with Gasteiger partial charge in [0.2, 0.25) is 5.65 Å². The third-order valence-corrected chi connectivity index (χ3v) is 8.14. The maximum absolute atomic E-state index is 6.68. The summed E-state index contributed by atoms with van der Waals surface area (Å²) < 4.78 is 5.30. The fraction of sp³-hybridized carbons (Fsp3) is 0.333. The predicted molar refractivity (Wildman–Crippen MR) is 129 cm³/mol. The van der Waals surface area contributed by atoms with Gasteiger partial charge in [0.25, 0.3) is 5.19 Å². The van der Waals surface area contributed by atoms with Crippen LogP contribution in [0.25, 0.3) is 16.7 Å². The largest absolute Gasteiger partial charge is 0.473 e. The summed E-state index contributed by atoms with van der Waals surface area (Å²) in [5.41, 5.74) is 11.8. The van der Waals surface area contributed by atoms with E-state index >= 15 is 0 Å². The van der Waals surface area contributed by atoms with Crippen molar-refractivity contribution in [3.8, 4) is 5.19 Å². The zero-order valence-electron chi connectivity index (χ0n) is 18.4. The van der Waals surface area contributed by atoms with Gasteiger partial charge in [-0.25, -0.2) is 15.0 Å². The van der Waals surface area contributed by atoms with E-state index in [9.17, 15) is 0 Å². The molecule has 1 aliphatic carbocycles. The minimum atomic E-state index is -0.0405. The van der Waals surface area contributed by atoms with Crippen LogP contribution < -0.4 is 15.4 Å². The Bertz CT molecular complexity index is 1340. The average Bonchev–Trinajstić information content (AvgIpc) is 3.53. The number of nitrogens with two attached hydrogens (primary N) is 1. The molecular formula is C24H25N7OS. The first-order valence-corrected chi connectivity index (χ1v) is 11.9.